The van der Waals surface area contributed by atoms with Gasteiger partial charge in [-0.15, -0.1) is 0 Å². The van der Waals surface area contributed by atoms with E-state index < -0.39 is 0 Å². The first-order chi connectivity index (χ1) is 6.34. The summed E-state index contributed by atoms with van der Waals surface area (Å²) >= 11 is 0. The average Bonchev–Trinajstić information content (AvgIpc) is 2.53. The third-order valence-electron chi connectivity index (χ3n) is 1.79. The number of nitrogen functional groups attached to an aromatic ring is 1. The number of hydrogen-bond donors (Lipinski definition) is 1. The first-order valence-electron chi connectivity index (χ1n) is 4.09. The molecule has 1 heterocycles. The number of anilines is 1. The van der Waals surface area contributed by atoms with Gasteiger partial charge >= 0.3 is 0 Å². The molecule has 3 nitrogen and oxygen atoms in total. The van der Waals surface area contributed by atoms with Crippen molar-refractivity contribution in [1.29, 1.82) is 0 Å². The van der Waals surface area contributed by atoms with E-state index >= 15 is 0 Å². The molecule has 0 radical (unpaired) electrons. The van der Waals surface area contributed by atoms with Crippen molar-refractivity contribution in [2.24, 2.45) is 0 Å². The van der Waals surface area contributed by atoms with Crippen LogP contribution in [0, 0.1) is 0 Å². The molecule has 66 valence electrons. The molecule has 2 rings (SSSR count). The lowest BCUT2D eigenvalue weighted by atomic mass is 10.1. The zero-order chi connectivity index (χ0) is 9.10. The Bertz CT molecular complexity index is 381. The molecule has 2 N–H and O–H groups in total. The Hall–Kier alpha value is -1.77. The Balaban J connectivity index is 2.15. The Morgan fingerprint density at radius 2 is 2.00 bits per heavy atom. The van der Waals surface area contributed by atoms with Crippen molar-refractivity contribution in [2.75, 3.05) is 5.73 Å². The maximum atomic E-state index is 5.35. The normalized spacial score (nSPS) is 10.2. The molecule has 0 spiro atoms. The first-order valence-corrected chi connectivity index (χ1v) is 4.09. The van der Waals surface area contributed by atoms with Crippen LogP contribution in [0.4, 0.5) is 6.01 Å². The number of aromatic nitrogens is 1. The zero-order valence-electron chi connectivity index (χ0n) is 7.10. The van der Waals surface area contributed by atoms with Crippen molar-refractivity contribution in [2.45, 2.75) is 6.42 Å². The number of nitrogens with zero attached hydrogens (tertiary/aromatic N) is 1. The summed E-state index contributed by atoms with van der Waals surface area (Å²) in [5.74, 6) is 0.795. The van der Waals surface area contributed by atoms with Crippen LogP contribution in [0.5, 0.6) is 0 Å². The van der Waals surface area contributed by atoms with Crippen LogP contribution < -0.4 is 5.73 Å². The molecule has 0 amide bonds. The summed E-state index contributed by atoms with van der Waals surface area (Å²) in [6.07, 6.45) is 2.40. The average molecular weight is 174 g/mol. The molecule has 3 heteroatoms. The van der Waals surface area contributed by atoms with E-state index in [1.54, 1.807) is 6.20 Å². The van der Waals surface area contributed by atoms with Crippen molar-refractivity contribution < 1.29 is 4.42 Å². The maximum absolute atomic E-state index is 5.35. The number of nitrogens with two attached hydrogens (primary N) is 1. The van der Waals surface area contributed by atoms with E-state index in [2.05, 4.69) is 4.98 Å². The molecule has 0 aliphatic rings. The fraction of sp³-hybridized carbons (Fsp3) is 0.100. The molecule has 0 unspecified atom stereocenters. The monoisotopic (exact) mass is 174 g/mol. The van der Waals surface area contributed by atoms with Gasteiger partial charge < -0.3 is 10.2 Å². The molecule has 0 aliphatic carbocycles. The molecule has 0 aliphatic heterocycles. The second kappa shape index (κ2) is 3.31. The highest BCUT2D eigenvalue weighted by molar-refractivity contribution is 5.21. The number of hydrogen-bond acceptors (Lipinski definition) is 3. The Labute approximate surface area is 76.2 Å². The minimum atomic E-state index is 0.228. The topological polar surface area (TPSA) is 52.0 Å². The summed E-state index contributed by atoms with van der Waals surface area (Å²) in [5.41, 5.74) is 6.55. The van der Waals surface area contributed by atoms with Gasteiger partial charge in [-0.25, -0.2) is 4.98 Å². The summed E-state index contributed by atoms with van der Waals surface area (Å²) < 4.78 is 5.15. The third kappa shape index (κ3) is 1.87. The molecule has 0 atom stereocenters. The van der Waals surface area contributed by atoms with Crippen LogP contribution in [-0.4, -0.2) is 4.98 Å². The van der Waals surface area contributed by atoms with Gasteiger partial charge in [0.25, 0.3) is 6.01 Å². The zero-order valence-corrected chi connectivity index (χ0v) is 7.10. The largest absolute Gasteiger partial charge is 0.429 e. The van der Waals surface area contributed by atoms with Crippen LogP contribution in [0.15, 0.2) is 40.9 Å². The van der Waals surface area contributed by atoms with Crippen LogP contribution in [-0.2, 0) is 6.42 Å². The van der Waals surface area contributed by atoms with Crippen LogP contribution in [0.3, 0.4) is 0 Å². The Morgan fingerprint density at radius 3 is 2.62 bits per heavy atom. The molecular formula is C10H10N2O. The van der Waals surface area contributed by atoms with E-state index in [1.165, 1.54) is 5.56 Å². The molecule has 0 fully saturated rings. The second-order valence-corrected chi connectivity index (χ2v) is 2.83. The SMILES string of the molecule is Nc1ncc(Cc2ccccc2)o1. The molecule has 2 aromatic rings. The summed E-state index contributed by atoms with van der Waals surface area (Å²) in [6, 6.07) is 10.3. The fourth-order valence-corrected chi connectivity index (χ4v) is 1.20. The van der Waals surface area contributed by atoms with Crippen molar-refractivity contribution >= 4 is 6.01 Å². The third-order valence-corrected chi connectivity index (χ3v) is 1.79. The van der Waals surface area contributed by atoms with Gasteiger partial charge in [0.05, 0.1) is 6.20 Å². The highest BCUT2D eigenvalue weighted by atomic mass is 16.4. The lowest BCUT2D eigenvalue weighted by Gasteiger charge is -1.95. The van der Waals surface area contributed by atoms with Crippen molar-refractivity contribution in [1.82, 2.24) is 4.98 Å². The minimum Gasteiger partial charge on any atom is -0.429 e. The lowest BCUT2D eigenvalue weighted by molar-refractivity contribution is 0.534. The van der Waals surface area contributed by atoms with Gasteiger partial charge in [-0.05, 0) is 5.56 Å². The van der Waals surface area contributed by atoms with Gasteiger partial charge in [0.15, 0.2) is 0 Å². The van der Waals surface area contributed by atoms with E-state index in [-0.39, 0.29) is 6.01 Å². The predicted molar refractivity (Wildman–Crippen MR) is 50.2 cm³/mol. The van der Waals surface area contributed by atoms with Crippen LogP contribution in [0.1, 0.15) is 11.3 Å². The number of oxazole rings is 1. The Morgan fingerprint density at radius 1 is 1.23 bits per heavy atom. The fourth-order valence-electron chi connectivity index (χ4n) is 1.20. The van der Waals surface area contributed by atoms with Crippen LogP contribution >= 0.6 is 0 Å². The molecular weight excluding hydrogens is 164 g/mol. The van der Waals surface area contributed by atoms with Crippen molar-refractivity contribution in [3.05, 3.63) is 47.9 Å². The molecule has 1 aromatic heterocycles. The molecule has 13 heavy (non-hydrogen) atoms. The molecule has 0 bridgehead atoms. The van der Waals surface area contributed by atoms with Gasteiger partial charge in [-0.3, -0.25) is 0 Å². The van der Waals surface area contributed by atoms with Gasteiger partial charge in [0.2, 0.25) is 0 Å². The maximum Gasteiger partial charge on any atom is 0.292 e. The summed E-state index contributed by atoms with van der Waals surface area (Å²) in [7, 11) is 0. The highest BCUT2D eigenvalue weighted by Crippen LogP contribution is 2.10. The van der Waals surface area contributed by atoms with Gasteiger partial charge in [-0.1, -0.05) is 30.3 Å². The van der Waals surface area contributed by atoms with Crippen LogP contribution in [0.25, 0.3) is 0 Å². The van der Waals surface area contributed by atoms with E-state index in [4.69, 9.17) is 10.2 Å². The highest BCUT2D eigenvalue weighted by Gasteiger charge is 2.00. The predicted octanol–water partition coefficient (Wildman–Crippen LogP) is 1.85. The number of rotatable bonds is 2. The quantitative estimate of drug-likeness (QED) is 0.755. The van der Waals surface area contributed by atoms with Gasteiger partial charge in [0, 0.05) is 6.42 Å². The van der Waals surface area contributed by atoms with Gasteiger partial charge in [0.1, 0.15) is 5.76 Å². The van der Waals surface area contributed by atoms with Gasteiger partial charge in [-0.2, -0.15) is 0 Å². The molecule has 0 saturated carbocycles. The standard InChI is InChI=1S/C10H10N2O/c11-10-12-7-9(13-10)6-8-4-2-1-3-5-8/h1-5,7H,6H2,(H2,11,12). The summed E-state index contributed by atoms with van der Waals surface area (Å²) in [4.78, 5) is 3.82. The Kier molecular flexibility index (Phi) is 2.00. The van der Waals surface area contributed by atoms with E-state index in [9.17, 15) is 0 Å². The van der Waals surface area contributed by atoms with Crippen molar-refractivity contribution in [3.8, 4) is 0 Å². The molecule has 0 saturated heterocycles. The first kappa shape index (κ1) is 7.86. The van der Waals surface area contributed by atoms with E-state index in [1.807, 2.05) is 30.3 Å². The second-order valence-electron chi connectivity index (χ2n) is 2.83. The lowest BCUT2D eigenvalue weighted by Crippen LogP contribution is -1.84. The van der Waals surface area contributed by atoms with Crippen molar-refractivity contribution in [3.63, 3.8) is 0 Å². The number of benzene rings is 1. The van der Waals surface area contributed by atoms with E-state index in [0.29, 0.717) is 0 Å². The summed E-state index contributed by atoms with van der Waals surface area (Å²) in [5, 5.41) is 0. The van der Waals surface area contributed by atoms with E-state index in [0.717, 1.165) is 12.2 Å². The minimum absolute atomic E-state index is 0.228. The smallest absolute Gasteiger partial charge is 0.292 e. The summed E-state index contributed by atoms with van der Waals surface area (Å²) in [6.45, 7) is 0. The molecule has 1 aromatic carbocycles. The van der Waals surface area contributed by atoms with Crippen LogP contribution in [0.2, 0.25) is 0 Å².